The third-order valence-corrected chi connectivity index (χ3v) is 6.98. The standard InChI is InChI=1S/C22H39N3O3Si/c1-16(2)25(17(3)4)14-20(26)18-13-24(15-28-11-12-29(6,7)8)19-9-10-23-22(27-5)21(18)19/h9-10,13,16-17,20,26H,11-12,14-15H2,1-8H3. The lowest BCUT2D eigenvalue weighted by Gasteiger charge is -2.32. The molecule has 1 unspecified atom stereocenters. The van der Waals surface area contributed by atoms with Gasteiger partial charge in [0.25, 0.3) is 0 Å². The fourth-order valence-electron chi connectivity index (χ4n) is 3.62. The molecule has 29 heavy (non-hydrogen) atoms. The van der Waals surface area contributed by atoms with Gasteiger partial charge in [-0.25, -0.2) is 4.98 Å². The highest BCUT2D eigenvalue weighted by atomic mass is 28.3. The second-order valence-electron chi connectivity index (χ2n) is 9.52. The normalized spacial score (nSPS) is 13.8. The number of ether oxygens (including phenoxy) is 2. The molecule has 0 bridgehead atoms. The van der Waals surface area contributed by atoms with Crippen LogP contribution in [0.3, 0.4) is 0 Å². The molecule has 2 aromatic heterocycles. The van der Waals surface area contributed by atoms with E-state index < -0.39 is 14.2 Å². The van der Waals surface area contributed by atoms with Crippen molar-refractivity contribution in [2.45, 2.75) is 78.3 Å². The fourth-order valence-corrected chi connectivity index (χ4v) is 4.37. The number of methoxy groups -OCH3 is 1. The van der Waals surface area contributed by atoms with Gasteiger partial charge in [-0.1, -0.05) is 19.6 Å². The maximum absolute atomic E-state index is 11.1. The smallest absolute Gasteiger partial charge is 0.223 e. The van der Waals surface area contributed by atoms with E-state index in [-0.39, 0.29) is 0 Å². The Morgan fingerprint density at radius 3 is 2.38 bits per heavy atom. The lowest BCUT2D eigenvalue weighted by atomic mass is 10.1. The molecule has 6 nitrogen and oxygen atoms in total. The molecule has 2 aromatic rings. The molecule has 0 saturated heterocycles. The first kappa shape index (κ1) is 23.9. The number of aromatic nitrogens is 2. The number of nitrogens with zero attached hydrogens (tertiary/aromatic N) is 3. The van der Waals surface area contributed by atoms with Crippen LogP contribution in [-0.4, -0.2) is 60.0 Å². The Hall–Kier alpha value is -1.41. The fraction of sp³-hybridized carbons (Fsp3) is 0.682. The van der Waals surface area contributed by atoms with Gasteiger partial charge in [0.05, 0.1) is 24.1 Å². The van der Waals surface area contributed by atoms with E-state index >= 15 is 0 Å². The Bertz CT molecular complexity index is 775. The number of hydrogen-bond acceptors (Lipinski definition) is 5. The lowest BCUT2D eigenvalue weighted by molar-refractivity contribution is 0.0745. The van der Waals surface area contributed by atoms with Gasteiger partial charge in [0.1, 0.15) is 6.73 Å². The van der Waals surface area contributed by atoms with E-state index in [4.69, 9.17) is 9.47 Å². The number of aliphatic hydroxyl groups excluding tert-OH is 1. The highest BCUT2D eigenvalue weighted by Crippen LogP contribution is 2.33. The molecule has 7 heteroatoms. The van der Waals surface area contributed by atoms with Gasteiger partial charge in [-0.3, -0.25) is 4.90 Å². The number of pyridine rings is 1. The molecule has 0 aromatic carbocycles. The van der Waals surface area contributed by atoms with E-state index in [2.05, 4.69) is 61.8 Å². The highest BCUT2D eigenvalue weighted by Gasteiger charge is 2.24. The van der Waals surface area contributed by atoms with Crippen LogP contribution in [0.2, 0.25) is 25.7 Å². The van der Waals surface area contributed by atoms with Crippen LogP contribution >= 0.6 is 0 Å². The number of fused-ring (bicyclic) bond motifs is 1. The molecule has 164 valence electrons. The molecule has 2 heterocycles. The monoisotopic (exact) mass is 421 g/mol. The molecule has 0 spiro atoms. The Balaban J connectivity index is 2.31. The largest absolute Gasteiger partial charge is 0.480 e. The van der Waals surface area contributed by atoms with Crippen molar-refractivity contribution in [1.29, 1.82) is 0 Å². The van der Waals surface area contributed by atoms with Crippen LogP contribution in [0.15, 0.2) is 18.5 Å². The Morgan fingerprint density at radius 2 is 1.83 bits per heavy atom. The second-order valence-corrected chi connectivity index (χ2v) is 15.1. The zero-order valence-corrected chi connectivity index (χ0v) is 20.4. The van der Waals surface area contributed by atoms with Crippen molar-refractivity contribution in [3.63, 3.8) is 0 Å². The summed E-state index contributed by atoms with van der Waals surface area (Å²) in [7, 11) is 0.493. The first-order valence-electron chi connectivity index (χ1n) is 10.6. The van der Waals surface area contributed by atoms with E-state index in [0.717, 1.165) is 29.1 Å². The highest BCUT2D eigenvalue weighted by molar-refractivity contribution is 6.76. The second kappa shape index (κ2) is 10.1. The van der Waals surface area contributed by atoms with Crippen molar-refractivity contribution in [1.82, 2.24) is 14.5 Å². The van der Waals surface area contributed by atoms with Gasteiger partial charge < -0.3 is 19.1 Å². The molecule has 0 aliphatic heterocycles. The molecule has 1 atom stereocenters. The minimum atomic E-state index is -1.13. The number of hydrogen-bond donors (Lipinski definition) is 1. The summed E-state index contributed by atoms with van der Waals surface area (Å²) >= 11 is 0. The topological polar surface area (TPSA) is 59.8 Å². The Kier molecular flexibility index (Phi) is 8.28. The predicted octanol–water partition coefficient (Wildman–Crippen LogP) is 4.51. The van der Waals surface area contributed by atoms with Gasteiger partial charge in [-0.05, 0) is 39.8 Å². The van der Waals surface area contributed by atoms with Crippen LogP contribution in [0, 0.1) is 0 Å². The van der Waals surface area contributed by atoms with E-state index in [1.807, 2.05) is 12.3 Å². The molecular formula is C22H39N3O3Si. The molecule has 2 rings (SSSR count). The summed E-state index contributed by atoms with van der Waals surface area (Å²) in [6, 6.07) is 3.79. The number of aliphatic hydroxyl groups is 1. The molecule has 0 saturated carbocycles. The summed E-state index contributed by atoms with van der Waals surface area (Å²) in [6.07, 6.45) is 3.10. The van der Waals surface area contributed by atoms with Crippen molar-refractivity contribution < 1.29 is 14.6 Å². The molecule has 0 fully saturated rings. The maximum Gasteiger partial charge on any atom is 0.223 e. The van der Waals surface area contributed by atoms with Crippen molar-refractivity contribution in [2.75, 3.05) is 20.3 Å². The van der Waals surface area contributed by atoms with Gasteiger partial charge in [0.15, 0.2) is 0 Å². The van der Waals surface area contributed by atoms with Crippen LogP contribution in [0.25, 0.3) is 10.9 Å². The van der Waals surface area contributed by atoms with Crippen LogP contribution in [0.5, 0.6) is 5.88 Å². The summed E-state index contributed by atoms with van der Waals surface area (Å²) in [5.41, 5.74) is 1.81. The van der Waals surface area contributed by atoms with Gasteiger partial charge in [0.2, 0.25) is 5.88 Å². The molecule has 0 aliphatic carbocycles. The Morgan fingerprint density at radius 1 is 1.17 bits per heavy atom. The van der Waals surface area contributed by atoms with E-state index in [9.17, 15) is 5.11 Å². The lowest BCUT2D eigenvalue weighted by Crippen LogP contribution is -2.39. The third kappa shape index (κ3) is 6.28. The molecular weight excluding hydrogens is 382 g/mol. The van der Waals surface area contributed by atoms with Crippen molar-refractivity contribution in [3.05, 3.63) is 24.0 Å². The van der Waals surface area contributed by atoms with Crippen LogP contribution in [0.1, 0.15) is 39.4 Å². The van der Waals surface area contributed by atoms with Crippen LogP contribution < -0.4 is 4.74 Å². The van der Waals surface area contributed by atoms with Gasteiger partial charge in [0, 0.05) is 51.3 Å². The van der Waals surface area contributed by atoms with Crippen molar-refractivity contribution in [2.24, 2.45) is 0 Å². The summed E-state index contributed by atoms with van der Waals surface area (Å²) in [5.74, 6) is 0.540. The average molecular weight is 422 g/mol. The SMILES string of the molecule is COc1nccc2c1c(C(O)CN(C(C)C)C(C)C)cn2COCC[Si](C)(C)C. The first-order valence-corrected chi connectivity index (χ1v) is 14.3. The summed E-state index contributed by atoms with van der Waals surface area (Å²) < 4.78 is 13.5. The summed E-state index contributed by atoms with van der Waals surface area (Å²) in [5, 5.41) is 12.0. The van der Waals surface area contributed by atoms with Gasteiger partial charge in [-0.15, -0.1) is 0 Å². The van der Waals surface area contributed by atoms with Crippen LogP contribution in [-0.2, 0) is 11.5 Å². The quantitative estimate of drug-likeness (QED) is 0.427. The van der Waals surface area contributed by atoms with E-state index in [1.54, 1.807) is 13.3 Å². The van der Waals surface area contributed by atoms with Gasteiger partial charge >= 0.3 is 0 Å². The molecule has 0 radical (unpaired) electrons. The van der Waals surface area contributed by atoms with Crippen molar-refractivity contribution in [3.8, 4) is 5.88 Å². The van der Waals surface area contributed by atoms with Crippen LogP contribution in [0.4, 0.5) is 0 Å². The van der Waals surface area contributed by atoms with E-state index in [1.165, 1.54) is 0 Å². The predicted molar refractivity (Wildman–Crippen MR) is 122 cm³/mol. The first-order chi connectivity index (χ1) is 13.5. The number of rotatable bonds is 11. The maximum atomic E-state index is 11.1. The summed E-state index contributed by atoms with van der Waals surface area (Å²) in [4.78, 5) is 6.66. The molecule has 1 N–H and O–H groups in total. The average Bonchev–Trinajstić information content (AvgIpc) is 3.00. The molecule has 0 amide bonds. The van der Waals surface area contributed by atoms with Crippen molar-refractivity contribution >= 4 is 19.0 Å². The van der Waals surface area contributed by atoms with Gasteiger partial charge in [-0.2, -0.15) is 0 Å². The minimum absolute atomic E-state index is 0.350. The molecule has 0 aliphatic rings. The summed E-state index contributed by atoms with van der Waals surface area (Å²) in [6.45, 7) is 17.4. The zero-order valence-electron chi connectivity index (χ0n) is 19.4. The zero-order chi connectivity index (χ0) is 21.8. The minimum Gasteiger partial charge on any atom is -0.480 e. The van der Waals surface area contributed by atoms with E-state index in [0.29, 0.717) is 31.2 Å². The third-order valence-electron chi connectivity index (χ3n) is 5.28. The Labute approximate surface area is 176 Å².